The van der Waals surface area contributed by atoms with Crippen LogP contribution in [0.15, 0.2) is 30.5 Å². The Morgan fingerprint density at radius 1 is 1.39 bits per heavy atom. The molecule has 0 spiro atoms. The number of aromatic nitrogens is 1. The average Bonchev–Trinajstić information content (AvgIpc) is 3.20. The van der Waals surface area contributed by atoms with Gasteiger partial charge in [0, 0.05) is 36.8 Å². The van der Waals surface area contributed by atoms with Gasteiger partial charge in [-0.05, 0) is 44.0 Å². The summed E-state index contributed by atoms with van der Waals surface area (Å²) in [5, 5.41) is 11.3. The van der Waals surface area contributed by atoms with Crippen molar-refractivity contribution in [3.8, 4) is 5.75 Å². The lowest BCUT2D eigenvalue weighted by Gasteiger charge is -2.20. The first-order valence-corrected chi connectivity index (χ1v) is 8.43. The zero-order valence-corrected chi connectivity index (χ0v) is 13.7. The number of hydrogen-bond acceptors (Lipinski definition) is 4. The molecule has 23 heavy (non-hydrogen) atoms. The van der Waals surface area contributed by atoms with Gasteiger partial charge in [-0.15, -0.1) is 0 Å². The van der Waals surface area contributed by atoms with E-state index in [1.54, 1.807) is 0 Å². The molecule has 2 heterocycles. The van der Waals surface area contributed by atoms with E-state index in [0.717, 1.165) is 49.4 Å². The molecule has 1 aliphatic rings. The van der Waals surface area contributed by atoms with Crippen molar-refractivity contribution in [2.45, 2.75) is 19.4 Å². The Hall–Kier alpha value is -1.56. The van der Waals surface area contributed by atoms with Crippen LogP contribution in [0, 0.1) is 5.92 Å². The minimum absolute atomic E-state index is 0.316. The summed E-state index contributed by atoms with van der Waals surface area (Å²) in [7, 11) is 0. The zero-order chi connectivity index (χ0) is 16.1. The molecule has 5 nitrogen and oxygen atoms in total. The lowest BCUT2D eigenvalue weighted by Crippen LogP contribution is -2.34. The first kappa shape index (κ1) is 16.3. The standard InChI is InChI=1S/C18H26N2O3/c1-2-22-12-14-7-9-20(10-14)11-15(21)13-23-18-5-3-4-17-16(18)6-8-19-17/h3-6,8,14-15,19,21H,2,7,9-13H2,1H3. The number of H-pyrrole nitrogens is 1. The fraction of sp³-hybridized carbons (Fsp3) is 0.556. The molecule has 2 atom stereocenters. The van der Waals surface area contributed by atoms with Gasteiger partial charge in [0.2, 0.25) is 0 Å². The first-order chi connectivity index (χ1) is 11.3. The van der Waals surface area contributed by atoms with E-state index in [4.69, 9.17) is 9.47 Å². The highest BCUT2D eigenvalue weighted by Crippen LogP contribution is 2.24. The molecule has 2 unspecified atom stereocenters. The van der Waals surface area contributed by atoms with Gasteiger partial charge in [0.15, 0.2) is 0 Å². The lowest BCUT2D eigenvalue weighted by atomic mass is 10.1. The predicted molar refractivity (Wildman–Crippen MR) is 90.8 cm³/mol. The van der Waals surface area contributed by atoms with E-state index in [0.29, 0.717) is 19.1 Å². The number of hydrogen-bond donors (Lipinski definition) is 2. The van der Waals surface area contributed by atoms with Crippen molar-refractivity contribution >= 4 is 10.9 Å². The molecule has 0 amide bonds. The second-order valence-corrected chi connectivity index (χ2v) is 6.23. The van der Waals surface area contributed by atoms with Crippen LogP contribution in [0.5, 0.6) is 5.75 Å². The van der Waals surface area contributed by atoms with Gasteiger partial charge in [0.25, 0.3) is 0 Å². The Labute approximate surface area is 137 Å². The zero-order valence-electron chi connectivity index (χ0n) is 13.7. The molecule has 0 bridgehead atoms. The van der Waals surface area contributed by atoms with Crippen LogP contribution in [0.2, 0.25) is 0 Å². The third-order valence-electron chi connectivity index (χ3n) is 4.38. The van der Waals surface area contributed by atoms with E-state index in [1.165, 1.54) is 0 Å². The highest BCUT2D eigenvalue weighted by Gasteiger charge is 2.24. The van der Waals surface area contributed by atoms with Gasteiger partial charge in [-0.3, -0.25) is 0 Å². The predicted octanol–water partition coefficient (Wildman–Crippen LogP) is 2.27. The maximum Gasteiger partial charge on any atom is 0.128 e. The fourth-order valence-electron chi connectivity index (χ4n) is 3.22. The fourth-order valence-corrected chi connectivity index (χ4v) is 3.22. The molecule has 126 valence electrons. The molecule has 0 radical (unpaired) electrons. The van der Waals surface area contributed by atoms with E-state index < -0.39 is 6.10 Å². The average molecular weight is 318 g/mol. The Bertz CT molecular complexity index is 613. The molecule has 3 rings (SSSR count). The first-order valence-electron chi connectivity index (χ1n) is 8.43. The Balaban J connectivity index is 1.45. The normalized spacial score (nSPS) is 20.2. The van der Waals surface area contributed by atoms with Crippen LogP contribution in [0.1, 0.15) is 13.3 Å². The summed E-state index contributed by atoms with van der Waals surface area (Å²) in [6.45, 7) is 6.64. The molecule has 0 saturated carbocycles. The smallest absolute Gasteiger partial charge is 0.128 e. The number of nitrogens with one attached hydrogen (secondary N) is 1. The van der Waals surface area contributed by atoms with Gasteiger partial charge in [0.05, 0.1) is 6.61 Å². The number of likely N-dealkylation sites (tertiary alicyclic amines) is 1. The van der Waals surface area contributed by atoms with Crippen LogP contribution < -0.4 is 4.74 Å². The number of aromatic amines is 1. The van der Waals surface area contributed by atoms with Gasteiger partial charge >= 0.3 is 0 Å². The van der Waals surface area contributed by atoms with Crippen molar-refractivity contribution in [3.63, 3.8) is 0 Å². The van der Waals surface area contributed by atoms with Gasteiger partial charge in [-0.2, -0.15) is 0 Å². The third-order valence-corrected chi connectivity index (χ3v) is 4.38. The molecule has 1 fully saturated rings. The van der Waals surface area contributed by atoms with E-state index in [1.807, 2.05) is 37.4 Å². The monoisotopic (exact) mass is 318 g/mol. The molecule has 2 aromatic rings. The summed E-state index contributed by atoms with van der Waals surface area (Å²) < 4.78 is 11.3. The lowest BCUT2D eigenvalue weighted by molar-refractivity contribution is 0.0706. The summed E-state index contributed by atoms with van der Waals surface area (Å²) in [4.78, 5) is 5.47. The highest BCUT2D eigenvalue weighted by atomic mass is 16.5. The molecule has 1 aromatic carbocycles. The molecule has 1 saturated heterocycles. The van der Waals surface area contributed by atoms with Crippen LogP contribution in [0.25, 0.3) is 10.9 Å². The quantitative estimate of drug-likeness (QED) is 0.784. The summed E-state index contributed by atoms with van der Waals surface area (Å²) in [5.41, 5.74) is 1.05. The number of rotatable bonds is 8. The van der Waals surface area contributed by atoms with Gasteiger partial charge in [0.1, 0.15) is 18.5 Å². The number of β-amino-alcohol motifs (C(OH)–C–C–N with tert-alkyl or cyclic N) is 1. The summed E-state index contributed by atoms with van der Waals surface area (Å²) in [6.07, 6.45) is 2.57. The molecule has 1 aromatic heterocycles. The molecule has 1 aliphatic heterocycles. The SMILES string of the molecule is CCOCC1CCN(CC(O)COc2cccc3[nH]ccc23)C1. The van der Waals surface area contributed by atoms with Crippen molar-refractivity contribution < 1.29 is 14.6 Å². The number of aliphatic hydroxyl groups excluding tert-OH is 1. The minimum Gasteiger partial charge on any atom is -0.490 e. The number of ether oxygens (including phenoxy) is 2. The Morgan fingerprint density at radius 2 is 2.30 bits per heavy atom. The van der Waals surface area contributed by atoms with E-state index in [2.05, 4.69) is 9.88 Å². The van der Waals surface area contributed by atoms with Crippen molar-refractivity contribution in [2.24, 2.45) is 5.92 Å². The third kappa shape index (κ3) is 4.25. The van der Waals surface area contributed by atoms with E-state index in [-0.39, 0.29) is 0 Å². The molecule has 5 heteroatoms. The minimum atomic E-state index is -0.477. The highest BCUT2D eigenvalue weighted by molar-refractivity contribution is 5.85. The molecular weight excluding hydrogens is 292 g/mol. The largest absolute Gasteiger partial charge is 0.490 e. The maximum atomic E-state index is 10.3. The van der Waals surface area contributed by atoms with E-state index in [9.17, 15) is 5.11 Å². The van der Waals surface area contributed by atoms with Crippen LogP contribution in [-0.2, 0) is 4.74 Å². The summed E-state index contributed by atoms with van der Waals surface area (Å²) >= 11 is 0. The van der Waals surface area contributed by atoms with Gasteiger partial charge < -0.3 is 24.5 Å². The molecule has 2 N–H and O–H groups in total. The number of aliphatic hydroxyl groups is 1. The van der Waals surface area contributed by atoms with Crippen LogP contribution >= 0.6 is 0 Å². The Morgan fingerprint density at radius 3 is 3.17 bits per heavy atom. The van der Waals surface area contributed by atoms with Crippen molar-refractivity contribution in [1.82, 2.24) is 9.88 Å². The van der Waals surface area contributed by atoms with Crippen molar-refractivity contribution in [2.75, 3.05) is 39.5 Å². The van der Waals surface area contributed by atoms with Crippen LogP contribution in [0.4, 0.5) is 0 Å². The number of nitrogens with zero attached hydrogens (tertiary/aromatic N) is 1. The number of fused-ring (bicyclic) bond motifs is 1. The molecule has 0 aliphatic carbocycles. The summed E-state index contributed by atoms with van der Waals surface area (Å²) in [6, 6.07) is 7.91. The van der Waals surface area contributed by atoms with Crippen molar-refractivity contribution in [3.05, 3.63) is 30.5 Å². The molecular formula is C18H26N2O3. The maximum absolute atomic E-state index is 10.3. The van der Waals surface area contributed by atoms with E-state index >= 15 is 0 Å². The van der Waals surface area contributed by atoms with Crippen LogP contribution in [0.3, 0.4) is 0 Å². The van der Waals surface area contributed by atoms with Gasteiger partial charge in [-0.1, -0.05) is 6.07 Å². The summed E-state index contributed by atoms with van der Waals surface area (Å²) in [5.74, 6) is 1.41. The van der Waals surface area contributed by atoms with Crippen molar-refractivity contribution in [1.29, 1.82) is 0 Å². The second kappa shape index (κ2) is 7.81. The van der Waals surface area contributed by atoms with Gasteiger partial charge in [-0.25, -0.2) is 0 Å². The van der Waals surface area contributed by atoms with Crippen LogP contribution in [-0.4, -0.2) is 60.5 Å². The second-order valence-electron chi connectivity index (χ2n) is 6.23. The topological polar surface area (TPSA) is 57.7 Å². The number of benzene rings is 1. The Kier molecular flexibility index (Phi) is 5.54.